The van der Waals surface area contributed by atoms with Crippen LogP contribution in [-0.4, -0.2) is 30.1 Å². The van der Waals surface area contributed by atoms with E-state index in [9.17, 15) is 25.0 Å². The number of non-ortho nitro benzene ring substituents is 1. The van der Waals surface area contributed by atoms with Crippen molar-refractivity contribution in [3.05, 3.63) is 39.9 Å². The Morgan fingerprint density at radius 3 is 2.25 bits per heavy atom. The van der Waals surface area contributed by atoms with E-state index >= 15 is 0 Å². The standard InChI is InChI=1S/C16H18N2O6/c1-3-23-15(19)9-13(14(10-17)16(20)24-4-2)11-5-7-12(8-6-11)18(21)22/h5-8,13-14H,3-4,9H2,1-2H3. The smallest absolute Gasteiger partial charge is 0.323 e. The van der Waals surface area contributed by atoms with E-state index < -0.39 is 28.7 Å². The molecule has 0 spiro atoms. The molecule has 8 nitrogen and oxygen atoms in total. The van der Waals surface area contributed by atoms with Crippen LogP contribution in [0.2, 0.25) is 0 Å². The number of nitrogens with zero attached hydrogens (tertiary/aromatic N) is 2. The summed E-state index contributed by atoms with van der Waals surface area (Å²) in [5, 5.41) is 20.1. The molecule has 0 radical (unpaired) electrons. The van der Waals surface area contributed by atoms with Crippen molar-refractivity contribution in [2.24, 2.45) is 5.92 Å². The number of nitriles is 1. The van der Waals surface area contributed by atoms with Crippen LogP contribution >= 0.6 is 0 Å². The molecule has 0 heterocycles. The summed E-state index contributed by atoms with van der Waals surface area (Å²) in [7, 11) is 0. The van der Waals surface area contributed by atoms with Gasteiger partial charge in [0.1, 0.15) is 0 Å². The maximum atomic E-state index is 12.0. The Balaban J connectivity index is 3.16. The Labute approximate surface area is 139 Å². The zero-order chi connectivity index (χ0) is 18.1. The van der Waals surface area contributed by atoms with Gasteiger partial charge < -0.3 is 9.47 Å². The lowest BCUT2D eigenvalue weighted by Crippen LogP contribution is -2.26. The van der Waals surface area contributed by atoms with E-state index in [0.717, 1.165) is 0 Å². The molecule has 1 rings (SSSR count). The Morgan fingerprint density at radius 2 is 1.79 bits per heavy atom. The maximum Gasteiger partial charge on any atom is 0.323 e. The quantitative estimate of drug-likeness (QED) is 0.406. The van der Waals surface area contributed by atoms with Gasteiger partial charge in [0.15, 0.2) is 5.92 Å². The van der Waals surface area contributed by atoms with E-state index in [1.54, 1.807) is 13.8 Å². The predicted molar refractivity (Wildman–Crippen MR) is 82.8 cm³/mol. The molecule has 0 aliphatic carbocycles. The summed E-state index contributed by atoms with van der Waals surface area (Å²) in [6.45, 7) is 3.52. The number of hydrogen-bond acceptors (Lipinski definition) is 7. The molecule has 2 unspecified atom stereocenters. The highest BCUT2D eigenvalue weighted by atomic mass is 16.6. The highest BCUT2D eigenvalue weighted by Gasteiger charge is 2.33. The maximum absolute atomic E-state index is 12.0. The topological polar surface area (TPSA) is 120 Å². The predicted octanol–water partition coefficient (Wildman–Crippen LogP) is 2.33. The van der Waals surface area contributed by atoms with Gasteiger partial charge in [-0.3, -0.25) is 19.7 Å². The van der Waals surface area contributed by atoms with Gasteiger partial charge in [-0.25, -0.2) is 0 Å². The minimum absolute atomic E-state index is 0.101. The van der Waals surface area contributed by atoms with E-state index in [1.165, 1.54) is 24.3 Å². The van der Waals surface area contributed by atoms with Gasteiger partial charge in [0.2, 0.25) is 0 Å². The van der Waals surface area contributed by atoms with Crippen molar-refractivity contribution in [2.45, 2.75) is 26.2 Å². The van der Waals surface area contributed by atoms with E-state index in [-0.39, 0.29) is 25.3 Å². The first kappa shape index (κ1) is 19.1. The number of nitro benzene ring substituents is 1. The average molecular weight is 334 g/mol. The third kappa shape index (κ3) is 5.05. The van der Waals surface area contributed by atoms with Gasteiger partial charge in [0.05, 0.1) is 30.6 Å². The Kier molecular flexibility index (Phi) is 7.36. The van der Waals surface area contributed by atoms with Crippen LogP contribution in [0.4, 0.5) is 5.69 Å². The van der Waals surface area contributed by atoms with Gasteiger partial charge >= 0.3 is 11.9 Å². The van der Waals surface area contributed by atoms with Crippen molar-refractivity contribution in [3.8, 4) is 6.07 Å². The highest BCUT2D eigenvalue weighted by Crippen LogP contribution is 2.31. The molecule has 1 aromatic rings. The first-order chi connectivity index (χ1) is 11.4. The van der Waals surface area contributed by atoms with Gasteiger partial charge in [0.25, 0.3) is 5.69 Å². The van der Waals surface area contributed by atoms with Crippen molar-refractivity contribution < 1.29 is 24.0 Å². The summed E-state index contributed by atoms with van der Waals surface area (Å²) in [4.78, 5) is 34.0. The van der Waals surface area contributed by atoms with Crippen molar-refractivity contribution in [1.82, 2.24) is 0 Å². The summed E-state index contributed by atoms with van der Waals surface area (Å²) >= 11 is 0. The van der Waals surface area contributed by atoms with Crippen LogP contribution in [0, 0.1) is 27.4 Å². The lowest BCUT2D eigenvalue weighted by Gasteiger charge is -2.20. The van der Waals surface area contributed by atoms with Crippen LogP contribution in [0.1, 0.15) is 31.7 Å². The fourth-order valence-corrected chi connectivity index (χ4v) is 2.21. The summed E-state index contributed by atoms with van der Waals surface area (Å²) in [6.07, 6.45) is -0.206. The van der Waals surface area contributed by atoms with Crippen LogP contribution < -0.4 is 0 Å². The molecule has 0 N–H and O–H groups in total. The fraction of sp³-hybridized carbons (Fsp3) is 0.438. The van der Waals surface area contributed by atoms with Gasteiger partial charge in [0, 0.05) is 18.1 Å². The number of hydrogen-bond donors (Lipinski definition) is 0. The zero-order valence-electron chi connectivity index (χ0n) is 13.4. The molecule has 0 amide bonds. The van der Waals surface area contributed by atoms with E-state index in [1.807, 2.05) is 6.07 Å². The minimum Gasteiger partial charge on any atom is -0.466 e. The molecule has 0 fully saturated rings. The third-order valence-electron chi connectivity index (χ3n) is 3.31. The first-order valence-corrected chi connectivity index (χ1v) is 7.40. The van der Waals surface area contributed by atoms with Crippen LogP contribution in [-0.2, 0) is 19.1 Å². The number of rotatable bonds is 8. The second kappa shape index (κ2) is 9.25. The lowest BCUT2D eigenvalue weighted by atomic mass is 9.84. The minimum atomic E-state index is -1.21. The van der Waals surface area contributed by atoms with Crippen LogP contribution in [0.5, 0.6) is 0 Å². The number of nitro groups is 1. The molecular formula is C16H18N2O6. The number of carbonyl (C=O) groups excluding carboxylic acids is 2. The molecule has 1 aromatic carbocycles. The molecule has 0 aliphatic rings. The Bertz CT molecular complexity index is 635. The molecule has 0 bridgehead atoms. The molecule has 2 atom stereocenters. The number of carbonyl (C=O) groups is 2. The second-order valence-corrected chi connectivity index (χ2v) is 4.82. The van der Waals surface area contributed by atoms with E-state index in [4.69, 9.17) is 9.47 Å². The normalized spacial score (nSPS) is 12.5. The zero-order valence-corrected chi connectivity index (χ0v) is 13.4. The molecule has 8 heteroatoms. The van der Waals surface area contributed by atoms with Gasteiger partial charge in [-0.05, 0) is 19.4 Å². The third-order valence-corrected chi connectivity index (χ3v) is 3.31. The van der Waals surface area contributed by atoms with Crippen molar-refractivity contribution in [1.29, 1.82) is 5.26 Å². The van der Waals surface area contributed by atoms with Crippen molar-refractivity contribution in [2.75, 3.05) is 13.2 Å². The van der Waals surface area contributed by atoms with E-state index in [2.05, 4.69) is 0 Å². The molecule has 0 aromatic heterocycles. The molecule has 24 heavy (non-hydrogen) atoms. The van der Waals surface area contributed by atoms with Crippen LogP contribution in [0.3, 0.4) is 0 Å². The molecule has 128 valence electrons. The number of esters is 2. The first-order valence-electron chi connectivity index (χ1n) is 7.40. The SMILES string of the molecule is CCOC(=O)CC(c1ccc([N+](=O)[O-])cc1)C(C#N)C(=O)OCC. The summed E-state index contributed by atoms with van der Waals surface area (Å²) in [6, 6.07) is 7.21. The largest absolute Gasteiger partial charge is 0.466 e. The second-order valence-electron chi connectivity index (χ2n) is 4.82. The lowest BCUT2D eigenvalue weighted by molar-refractivity contribution is -0.384. The van der Waals surface area contributed by atoms with Crippen molar-refractivity contribution in [3.63, 3.8) is 0 Å². The van der Waals surface area contributed by atoms with Gasteiger partial charge in [-0.1, -0.05) is 12.1 Å². The Hall–Kier alpha value is -2.95. The molecule has 0 aliphatic heterocycles. The fourth-order valence-electron chi connectivity index (χ4n) is 2.21. The Morgan fingerprint density at radius 1 is 1.21 bits per heavy atom. The average Bonchev–Trinajstić information content (AvgIpc) is 2.55. The summed E-state index contributed by atoms with van der Waals surface area (Å²) in [5.74, 6) is -3.33. The molecule has 0 saturated carbocycles. The van der Waals surface area contributed by atoms with Crippen molar-refractivity contribution >= 4 is 17.6 Å². The van der Waals surface area contributed by atoms with Gasteiger partial charge in [-0.15, -0.1) is 0 Å². The number of ether oxygens (including phenoxy) is 2. The summed E-state index contributed by atoms with van der Waals surface area (Å²) in [5.41, 5.74) is 0.325. The van der Waals surface area contributed by atoms with Crippen LogP contribution in [0.25, 0.3) is 0 Å². The van der Waals surface area contributed by atoms with Gasteiger partial charge in [-0.2, -0.15) is 5.26 Å². The highest BCUT2D eigenvalue weighted by molar-refractivity contribution is 5.79. The monoisotopic (exact) mass is 334 g/mol. The summed E-state index contributed by atoms with van der Waals surface area (Å²) < 4.78 is 9.76. The molecule has 0 saturated heterocycles. The van der Waals surface area contributed by atoms with Crippen LogP contribution in [0.15, 0.2) is 24.3 Å². The molecular weight excluding hydrogens is 316 g/mol. The van der Waals surface area contributed by atoms with E-state index in [0.29, 0.717) is 5.56 Å². The number of benzene rings is 1.